The molecule has 3 aromatic rings. The lowest BCUT2D eigenvalue weighted by Gasteiger charge is -2.37. The number of halogens is 1. The van der Waals surface area contributed by atoms with Gasteiger partial charge in [0.1, 0.15) is 0 Å². The topological polar surface area (TPSA) is 118 Å². The number of carbonyl (C=O) groups is 2. The van der Waals surface area contributed by atoms with Crippen molar-refractivity contribution in [3.8, 4) is 0 Å². The number of benzene rings is 2. The number of urea groups is 1. The smallest absolute Gasteiger partial charge is 0.327 e. The standard InChI is InChI=1S/C23H26ClN5O4S2/c1-28(2)16-4-3-9-29(12-16)15-6-7-18(24)17(11-15)21(30)26-22(31)27-23-25-19-8-5-14(13-35(32)33)10-20(19)34-23/h5-8,10-11,16H,3-4,9,12-13H2,1-2H3,(H,32,33)(H2,25,26,27,30,31)/p-1. The van der Waals surface area contributed by atoms with Gasteiger partial charge in [-0.05, 0) is 62.8 Å². The molecular formula is C23H25ClN5O4S2-. The largest absolute Gasteiger partial charge is 0.772 e. The van der Waals surface area contributed by atoms with Crippen LogP contribution >= 0.6 is 22.9 Å². The summed E-state index contributed by atoms with van der Waals surface area (Å²) in [7, 11) is 4.12. The van der Waals surface area contributed by atoms with Crippen LogP contribution in [0.15, 0.2) is 36.4 Å². The summed E-state index contributed by atoms with van der Waals surface area (Å²) >= 11 is 5.27. The van der Waals surface area contributed by atoms with Gasteiger partial charge in [0.15, 0.2) is 5.13 Å². The Bertz CT molecular complexity index is 1280. The van der Waals surface area contributed by atoms with Crippen LogP contribution in [0.4, 0.5) is 15.6 Å². The summed E-state index contributed by atoms with van der Waals surface area (Å²) < 4.78 is 22.6. The summed E-state index contributed by atoms with van der Waals surface area (Å²) in [4.78, 5) is 34.1. The predicted molar refractivity (Wildman–Crippen MR) is 139 cm³/mol. The van der Waals surface area contributed by atoms with Gasteiger partial charge in [-0.2, -0.15) is 0 Å². The van der Waals surface area contributed by atoms with E-state index in [1.54, 1.807) is 30.3 Å². The van der Waals surface area contributed by atoms with Gasteiger partial charge in [0, 0.05) is 30.6 Å². The fraction of sp³-hybridized carbons (Fsp3) is 0.348. The molecule has 2 unspecified atom stereocenters. The molecule has 186 valence electrons. The van der Waals surface area contributed by atoms with Crippen molar-refractivity contribution in [1.29, 1.82) is 0 Å². The minimum Gasteiger partial charge on any atom is -0.772 e. The molecule has 1 aliphatic rings. The van der Waals surface area contributed by atoms with Gasteiger partial charge in [0.25, 0.3) is 5.91 Å². The highest BCUT2D eigenvalue weighted by atomic mass is 35.5. The molecule has 0 radical (unpaired) electrons. The number of anilines is 2. The summed E-state index contributed by atoms with van der Waals surface area (Å²) in [6, 6.07) is 10.0. The average Bonchev–Trinajstić information content (AvgIpc) is 3.20. The van der Waals surface area contributed by atoms with Gasteiger partial charge in [-0.15, -0.1) is 0 Å². The third-order valence-corrected chi connectivity index (χ3v) is 7.70. The quantitative estimate of drug-likeness (QED) is 0.461. The third-order valence-electron chi connectivity index (χ3n) is 5.87. The number of likely N-dealkylation sites (N-methyl/N-ethyl adjacent to an activating group) is 1. The first-order valence-electron chi connectivity index (χ1n) is 11.0. The third kappa shape index (κ3) is 6.36. The Morgan fingerprint density at radius 2 is 2.09 bits per heavy atom. The van der Waals surface area contributed by atoms with Crippen LogP contribution < -0.4 is 15.5 Å². The van der Waals surface area contributed by atoms with Crippen molar-refractivity contribution in [3.63, 3.8) is 0 Å². The van der Waals surface area contributed by atoms with Crippen molar-refractivity contribution >= 4 is 67.0 Å². The van der Waals surface area contributed by atoms with E-state index in [1.807, 2.05) is 6.07 Å². The monoisotopic (exact) mass is 534 g/mol. The number of hydrogen-bond acceptors (Lipinski definition) is 8. The van der Waals surface area contributed by atoms with Gasteiger partial charge >= 0.3 is 6.03 Å². The number of thiazole rings is 1. The lowest BCUT2D eigenvalue weighted by atomic mass is 10.0. The van der Waals surface area contributed by atoms with Crippen molar-refractivity contribution < 1.29 is 18.4 Å². The van der Waals surface area contributed by atoms with E-state index >= 15 is 0 Å². The van der Waals surface area contributed by atoms with Crippen molar-refractivity contribution in [3.05, 3.63) is 52.5 Å². The molecule has 1 saturated heterocycles. The van der Waals surface area contributed by atoms with Gasteiger partial charge in [-0.1, -0.05) is 40.1 Å². The van der Waals surface area contributed by atoms with Crippen LogP contribution in [-0.4, -0.2) is 63.8 Å². The molecule has 9 nitrogen and oxygen atoms in total. The SMILES string of the molecule is CN(C)C1CCCN(c2ccc(Cl)c(C(=O)NC(=O)Nc3nc4ccc(CS(=O)[O-])cc4s3)c2)C1. The first-order chi connectivity index (χ1) is 16.7. The molecule has 12 heteroatoms. The molecule has 1 aliphatic heterocycles. The number of piperidine rings is 1. The van der Waals surface area contributed by atoms with Crippen molar-refractivity contribution in [2.75, 3.05) is 37.4 Å². The summed E-state index contributed by atoms with van der Waals surface area (Å²) in [5.41, 5.74) is 2.34. The number of fused-ring (bicyclic) bond motifs is 1. The number of rotatable bonds is 6. The molecule has 2 heterocycles. The molecule has 35 heavy (non-hydrogen) atoms. The second-order valence-electron chi connectivity index (χ2n) is 8.55. The lowest BCUT2D eigenvalue weighted by Crippen LogP contribution is -2.45. The minimum absolute atomic E-state index is 0.0986. The molecule has 0 aliphatic carbocycles. The Balaban J connectivity index is 1.43. The Kier molecular flexibility index (Phi) is 8.02. The molecular weight excluding hydrogens is 510 g/mol. The molecule has 1 aromatic heterocycles. The van der Waals surface area contributed by atoms with E-state index in [9.17, 15) is 18.4 Å². The van der Waals surface area contributed by atoms with Crippen LogP contribution in [-0.2, 0) is 16.8 Å². The van der Waals surface area contributed by atoms with Gasteiger partial charge in [-0.3, -0.25) is 19.6 Å². The van der Waals surface area contributed by atoms with Crippen molar-refractivity contribution in [2.45, 2.75) is 24.6 Å². The van der Waals surface area contributed by atoms with E-state index in [0.717, 1.165) is 36.3 Å². The number of amides is 3. The molecule has 2 atom stereocenters. The molecule has 3 amide bonds. The lowest BCUT2D eigenvalue weighted by molar-refractivity contribution is 0.0967. The van der Waals surface area contributed by atoms with E-state index in [4.69, 9.17) is 11.6 Å². The van der Waals surface area contributed by atoms with E-state index in [1.165, 1.54) is 11.3 Å². The number of nitrogens with one attached hydrogen (secondary N) is 2. The summed E-state index contributed by atoms with van der Waals surface area (Å²) in [6.45, 7) is 1.73. The zero-order valence-electron chi connectivity index (χ0n) is 19.2. The first-order valence-corrected chi connectivity index (χ1v) is 13.4. The summed E-state index contributed by atoms with van der Waals surface area (Å²) in [6.07, 6.45) is 2.17. The number of carbonyl (C=O) groups excluding carboxylic acids is 2. The molecule has 0 bridgehead atoms. The van der Waals surface area contributed by atoms with Crippen LogP contribution in [0.5, 0.6) is 0 Å². The molecule has 4 rings (SSSR count). The molecule has 2 aromatic carbocycles. The maximum absolute atomic E-state index is 12.8. The maximum Gasteiger partial charge on any atom is 0.327 e. The number of aromatic nitrogens is 1. The zero-order chi connectivity index (χ0) is 25.1. The number of nitrogens with zero attached hydrogens (tertiary/aromatic N) is 3. The Labute approximate surface area is 214 Å². The van der Waals surface area contributed by atoms with E-state index in [0.29, 0.717) is 17.1 Å². The first kappa shape index (κ1) is 25.5. The minimum atomic E-state index is -2.20. The molecule has 0 spiro atoms. The second-order valence-corrected chi connectivity index (χ2v) is 10.9. The zero-order valence-corrected chi connectivity index (χ0v) is 21.6. The van der Waals surface area contributed by atoms with Gasteiger partial charge < -0.3 is 14.4 Å². The normalized spacial score (nSPS) is 16.9. The molecule has 2 N–H and O–H groups in total. The predicted octanol–water partition coefficient (Wildman–Crippen LogP) is 3.82. The highest BCUT2D eigenvalue weighted by Crippen LogP contribution is 2.28. The Morgan fingerprint density at radius 1 is 1.29 bits per heavy atom. The van der Waals surface area contributed by atoms with Gasteiger partial charge in [0.05, 0.1) is 20.8 Å². The number of imide groups is 1. The highest BCUT2D eigenvalue weighted by molar-refractivity contribution is 7.78. The van der Waals surface area contributed by atoms with Crippen molar-refractivity contribution in [1.82, 2.24) is 15.2 Å². The van der Waals surface area contributed by atoms with E-state index in [2.05, 4.69) is 39.5 Å². The fourth-order valence-electron chi connectivity index (χ4n) is 4.04. The van der Waals surface area contributed by atoms with Crippen molar-refractivity contribution in [2.24, 2.45) is 0 Å². The number of hydrogen-bond donors (Lipinski definition) is 2. The van der Waals surface area contributed by atoms with Crippen LogP contribution in [0.25, 0.3) is 10.2 Å². The second kappa shape index (κ2) is 11.0. The van der Waals surface area contributed by atoms with E-state index < -0.39 is 23.0 Å². The van der Waals surface area contributed by atoms with Crippen LogP contribution in [0.3, 0.4) is 0 Å². The Hall–Kier alpha value is -2.57. The van der Waals surface area contributed by atoms with Crippen LogP contribution in [0.1, 0.15) is 28.8 Å². The highest BCUT2D eigenvalue weighted by Gasteiger charge is 2.23. The Morgan fingerprint density at radius 3 is 2.83 bits per heavy atom. The fourth-order valence-corrected chi connectivity index (χ4v) is 5.62. The summed E-state index contributed by atoms with van der Waals surface area (Å²) in [5, 5.41) is 5.41. The van der Waals surface area contributed by atoms with Crippen LogP contribution in [0.2, 0.25) is 5.02 Å². The maximum atomic E-state index is 12.8. The van der Waals surface area contributed by atoms with E-state index in [-0.39, 0.29) is 21.5 Å². The van der Waals surface area contributed by atoms with Gasteiger partial charge in [0.2, 0.25) is 0 Å². The van der Waals surface area contributed by atoms with Gasteiger partial charge in [-0.25, -0.2) is 9.78 Å². The average molecular weight is 535 g/mol. The van der Waals surface area contributed by atoms with Crippen LogP contribution in [0, 0.1) is 0 Å². The summed E-state index contributed by atoms with van der Waals surface area (Å²) in [5.74, 6) is -0.713. The molecule has 1 fully saturated rings. The molecule has 0 saturated carbocycles.